The zero-order valence-corrected chi connectivity index (χ0v) is 16.7. The largest absolute Gasteiger partial charge is 0.459 e. The summed E-state index contributed by atoms with van der Waals surface area (Å²) in [6.07, 6.45) is 4.38. The number of hydrogen-bond acceptors (Lipinski definition) is 5. The quantitative estimate of drug-likeness (QED) is 0.502. The first-order valence-corrected chi connectivity index (χ1v) is 10.2. The van der Waals surface area contributed by atoms with E-state index < -0.39 is 0 Å². The second-order valence-electron chi connectivity index (χ2n) is 7.47. The number of nitrogens with zero attached hydrogens (tertiary/aromatic N) is 3. The molecule has 0 spiro atoms. The summed E-state index contributed by atoms with van der Waals surface area (Å²) >= 11 is 0. The second kappa shape index (κ2) is 8.09. The Bertz CT molecular complexity index is 1280. The van der Waals surface area contributed by atoms with Crippen molar-refractivity contribution in [3.8, 4) is 17.3 Å². The van der Waals surface area contributed by atoms with Crippen LogP contribution in [0.15, 0.2) is 65.3 Å². The molecule has 1 fully saturated rings. The number of benzene rings is 2. The van der Waals surface area contributed by atoms with Crippen molar-refractivity contribution in [1.29, 1.82) is 5.26 Å². The minimum Gasteiger partial charge on any atom is -0.459 e. The number of nitriles is 1. The van der Waals surface area contributed by atoms with Gasteiger partial charge in [0.1, 0.15) is 5.69 Å². The van der Waals surface area contributed by atoms with E-state index in [0.717, 1.165) is 41.4 Å². The van der Waals surface area contributed by atoms with Crippen LogP contribution < -0.4 is 5.32 Å². The number of rotatable bonds is 4. The Morgan fingerprint density at radius 3 is 2.87 bits per heavy atom. The summed E-state index contributed by atoms with van der Waals surface area (Å²) in [7, 11) is 0. The molecule has 1 aliphatic rings. The summed E-state index contributed by atoms with van der Waals surface area (Å²) in [5, 5.41) is 18.0. The smallest absolute Gasteiger partial charge is 0.291 e. The molecule has 7 nitrogen and oxygen atoms in total. The molecule has 0 radical (unpaired) electrons. The summed E-state index contributed by atoms with van der Waals surface area (Å²) in [4.78, 5) is 12.4. The fourth-order valence-electron chi connectivity index (χ4n) is 3.90. The molecule has 1 N–H and O–H groups in total. The monoisotopic (exact) mass is 412 g/mol. The van der Waals surface area contributed by atoms with Gasteiger partial charge < -0.3 is 14.5 Å². The standard InChI is InChI=1S/C24H20N4O3/c25-15-16-9-10-20-19(13-16)23(27-28(20)22-8-1-2-11-31-22)17-5-3-6-18(14-17)26-24(29)21-7-4-12-30-21/h3-7,9-10,12-14,22H,1-2,8,11H2,(H,26,29). The van der Waals surface area contributed by atoms with Crippen LogP contribution in [0.4, 0.5) is 5.69 Å². The molecule has 31 heavy (non-hydrogen) atoms. The summed E-state index contributed by atoms with van der Waals surface area (Å²) < 4.78 is 13.0. The molecule has 7 heteroatoms. The van der Waals surface area contributed by atoms with E-state index in [4.69, 9.17) is 14.3 Å². The van der Waals surface area contributed by atoms with E-state index in [0.29, 0.717) is 17.9 Å². The van der Waals surface area contributed by atoms with E-state index in [1.165, 1.54) is 6.26 Å². The zero-order chi connectivity index (χ0) is 21.2. The van der Waals surface area contributed by atoms with Gasteiger partial charge in [0.05, 0.1) is 23.4 Å². The summed E-state index contributed by atoms with van der Waals surface area (Å²) in [5.74, 6) is -0.0758. The Balaban J connectivity index is 1.56. The van der Waals surface area contributed by atoms with Crippen LogP contribution in [-0.4, -0.2) is 22.3 Å². The van der Waals surface area contributed by atoms with Gasteiger partial charge >= 0.3 is 0 Å². The third-order valence-corrected chi connectivity index (χ3v) is 5.40. The van der Waals surface area contributed by atoms with E-state index in [-0.39, 0.29) is 17.9 Å². The lowest BCUT2D eigenvalue weighted by molar-refractivity contribution is -0.0365. The van der Waals surface area contributed by atoms with Crippen LogP contribution >= 0.6 is 0 Å². The highest BCUT2D eigenvalue weighted by atomic mass is 16.5. The fraction of sp³-hybridized carbons (Fsp3) is 0.208. The second-order valence-corrected chi connectivity index (χ2v) is 7.47. The molecule has 0 aliphatic carbocycles. The number of aromatic nitrogens is 2. The van der Waals surface area contributed by atoms with E-state index in [9.17, 15) is 10.1 Å². The first-order chi connectivity index (χ1) is 15.2. The van der Waals surface area contributed by atoms with Crippen LogP contribution in [0.25, 0.3) is 22.2 Å². The molecule has 154 valence electrons. The molecule has 0 saturated carbocycles. The van der Waals surface area contributed by atoms with Crippen molar-refractivity contribution >= 4 is 22.5 Å². The predicted octanol–water partition coefficient (Wildman–Crippen LogP) is 5.12. The lowest BCUT2D eigenvalue weighted by Gasteiger charge is -2.23. The number of carbonyl (C=O) groups is 1. The molecular weight excluding hydrogens is 392 g/mol. The summed E-state index contributed by atoms with van der Waals surface area (Å²) in [5.41, 5.74) is 3.71. The normalized spacial score (nSPS) is 16.2. The molecule has 0 bridgehead atoms. The van der Waals surface area contributed by atoms with Crippen LogP contribution in [0.2, 0.25) is 0 Å². The fourth-order valence-corrected chi connectivity index (χ4v) is 3.90. The molecule has 5 rings (SSSR count). The van der Waals surface area contributed by atoms with Crippen LogP contribution in [0, 0.1) is 11.3 Å². The van der Waals surface area contributed by atoms with Crippen molar-refractivity contribution < 1.29 is 13.9 Å². The van der Waals surface area contributed by atoms with Gasteiger partial charge in [-0.1, -0.05) is 12.1 Å². The Kier molecular flexibility index (Phi) is 4.98. The van der Waals surface area contributed by atoms with Crippen molar-refractivity contribution in [2.24, 2.45) is 0 Å². The van der Waals surface area contributed by atoms with Gasteiger partial charge in [0.2, 0.25) is 0 Å². The number of carbonyl (C=O) groups excluding carboxylic acids is 1. The molecule has 1 aliphatic heterocycles. The minimum absolute atomic E-state index is 0.125. The molecule has 2 aromatic heterocycles. The summed E-state index contributed by atoms with van der Waals surface area (Å²) in [6, 6.07) is 18.5. The number of furan rings is 1. The number of ether oxygens (including phenoxy) is 1. The van der Waals surface area contributed by atoms with Crippen molar-refractivity contribution in [3.63, 3.8) is 0 Å². The van der Waals surface area contributed by atoms with Gasteiger partial charge in [0, 0.05) is 23.2 Å². The third-order valence-electron chi connectivity index (χ3n) is 5.40. The predicted molar refractivity (Wildman–Crippen MR) is 115 cm³/mol. The molecule has 2 aromatic carbocycles. The Morgan fingerprint density at radius 2 is 2.10 bits per heavy atom. The number of nitrogens with one attached hydrogen (secondary N) is 1. The van der Waals surface area contributed by atoms with Crippen molar-refractivity contribution in [1.82, 2.24) is 9.78 Å². The Labute approximate surface area is 178 Å². The maximum absolute atomic E-state index is 12.4. The maximum Gasteiger partial charge on any atom is 0.291 e. The van der Waals surface area contributed by atoms with Crippen molar-refractivity contribution in [3.05, 3.63) is 72.2 Å². The molecule has 1 atom stereocenters. The Hall–Kier alpha value is -3.89. The molecule has 1 amide bonds. The van der Waals surface area contributed by atoms with E-state index in [2.05, 4.69) is 11.4 Å². The number of fused-ring (bicyclic) bond motifs is 1. The summed E-state index contributed by atoms with van der Waals surface area (Å²) in [6.45, 7) is 0.714. The van der Waals surface area contributed by atoms with Crippen LogP contribution in [0.3, 0.4) is 0 Å². The highest BCUT2D eigenvalue weighted by molar-refractivity contribution is 6.03. The van der Waals surface area contributed by atoms with Gasteiger partial charge in [-0.25, -0.2) is 4.68 Å². The highest BCUT2D eigenvalue weighted by Crippen LogP contribution is 2.34. The van der Waals surface area contributed by atoms with Crippen molar-refractivity contribution in [2.45, 2.75) is 25.5 Å². The SMILES string of the molecule is N#Cc1ccc2c(c1)c(-c1cccc(NC(=O)c3ccco3)c1)nn2C1CCCCO1. The number of hydrogen-bond donors (Lipinski definition) is 1. The maximum atomic E-state index is 12.4. The molecule has 1 saturated heterocycles. The van der Waals surface area contributed by atoms with Gasteiger partial charge in [-0.2, -0.15) is 10.4 Å². The average Bonchev–Trinajstić information content (AvgIpc) is 3.48. The van der Waals surface area contributed by atoms with Gasteiger partial charge in [-0.05, 0) is 61.7 Å². The van der Waals surface area contributed by atoms with E-state index in [1.54, 1.807) is 18.2 Å². The minimum atomic E-state index is -0.320. The first-order valence-electron chi connectivity index (χ1n) is 10.2. The van der Waals surface area contributed by atoms with Gasteiger partial charge in [-0.3, -0.25) is 4.79 Å². The van der Waals surface area contributed by atoms with Gasteiger partial charge in [0.25, 0.3) is 5.91 Å². The molecule has 3 heterocycles. The average molecular weight is 412 g/mol. The number of anilines is 1. The lowest BCUT2D eigenvalue weighted by Crippen LogP contribution is -2.19. The van der Waals surface area contributed by atoms with Crippen molar-refractivity contribution in [2.75, 3.05) is 11.9 Å². The Morgan fingerprint density at radius 1 is 1.16 bits per heavy atom. The van der Waals surface area contributed by atoms with Crippen LogP contribution in [0.1, 0.15) is 41.6 Å². The van der Waals surface area contributed by atoms with Gasteiger partial charge in [-0.15, -0.1) is 0 Å². The molecular formula is C24H20N4O3. The van der Waals surface area contributed by atoms with Crippen LogP contribution in [0.5, 0.6) is 0 Å². The first kappa shape index (κ1) is 19.1. The number of amides is 1. The molecule has 1 unspecified atom stereocenters. The van der Waals surface area contributed by atoms with Crippen LogP contribution in [-0.2, 0) is 4.74 Å². The highest BCUT2D eigenvalue weighted by Gasteiger charge is 2.22. The lowest BCUT2D eigenvalue weighted by atomic mass is 10.1. The van der Waals surface area contributed by atoms with E-state index in [1.807, 2.05) is 41.1 Å². The third kappa shape index (κ3) is 3.69. The topological polar surface area (TPSA) is 93.1 Å². The molecule has 4 aromatic rings. The van der Waals surface area contributed by atoms with Gasteiger partial charge in [0.15, 0.2) is 12.0 Å². The zero-order valence-electron chi connectivity index (χ0n) is 16.7. The van der Waals surface area contributed by atoms with E-state index >= 15 is 0 Å².